The van der Waals surface area contributed by atoms with Gasteiger partial charge >= 0.3 is 0 Å². The van der Waals surface area contributed by atoms with Gasteiger partial charge in [-0.1, -0.05) is 88.1 Å². The van der Waals surface area contributed by atoms with Crippen molar-refractivity contribution in [2.45, 2.75) is 83.5 Å². The van der Waals surface area contributed by atoms with Gasteiger partial charge in [0.2, 0.25) is 0 Å². The van der Waals surface area contributed by atoms with Crippen molar-refractivity contribution >= 4 is 0 Å². The van der Waals surface area contributed by atoms with E-state index in [4.69, 9.17) is 0 Å². The van der Waals surface area contributed by atoms with Crippen LogP contribution in [0.15, 0.2) is 30.3 Å². The van der Waals surface area contributed by atoms with E-state index in [1.54, 1.807) is 0 Å². The molecule has 1 aromatic rings. The van der Waals surface area contributed by atoms with Crippen molar-refractivity contribution in [2.75, 3.05) is 6.54 Å². The third kappa shape index (κ3) is 12.8. The highest BCUT2D eigenvalue weighted by molar-refractivity contribution is 5.14. The second-order valence-electron chi connectivity index (χ2n) is 6.33. The molecule has 22 heavy (non-hydrogen) atoms. The molecule has 2 nitrogen and oxygen atoms in total. The average Bonchev–Trinajstić information content (AvgIpc) is 2.53. The molecule has 0 aliphatic rings. The summed E-state index contributed by atoms with van der Waals surface area (Å²) in [7, 11) is 0. The predicted octanol–water partition coefficient (Wildman–Crippen LogP) is 4.98. The van der Waals surface area contributed by atoms with Gasteiger partial charge < -0.3 is 11.2 Å². The highest BCUT2D eigenvalue weighted by Crippen LogP contribution is 2.13. The van der Waals surface area contributed by atoms with Crippen molar-refractivity contribution in [3.05, 3.63) is 35.9 Å². The Hall–Kier alpha value is -0.860. The maximum atomic E-state index is 3.89. The summed E-state index contributed by atoms with van der Waals surface area (Å²) in [4.78, 5) is 0. The van der Waals surface area contributed by atoms with Crippen LogP contribution in [0.1, 0.15) is 82.6 Å². The van der Waals surface area contributed by atoms with Gasteiger partial charge in [0.05, 0.1) is 6.54 Å². The minimum absolute atomic E-state index is 0. The molecule has 0 unspecified atom stereocenters. The fourth-order valence-corrected chi connectivity index (χ4v) is 2.92. The third-order valence-corrected chi connectivity index (χ3v) is 4.31. The van der Waals surface area contributed by atoms with Crippen LogP contribution in [-0.2, 0) is 6.42 Å². The van der Waals surface area contributed by atoms with E-state index in [1.165, 1.54) is 89.0 Å². The molecule has 1 rings (SSSR count). The third-order valence-electron chi connectivity index (χ3n) is 4.31. The van der Waals surface area contributed by atoms with Gasteiger partial charge in [0.25, 0.3) is 0 Å². The Morgan fingerprint density at radius 3 is 1.41 bits per heavy atom. The molecule has 4 N–H and O–H groups in total. The Bertz CT molecular complexity index is 313. The Morgan fingerprint density at radius 2 is 0.955 bits per heavy atom. The van der Waals surface area contributed by atoms with Crippen LogP contribution < -0.4 is 5.73 Å². The maximum Gasteiger partial charge on any atom is 0.0739 e. The van der Waals surface area contributed by atoms with Gasteiger partial charge in [-0.2, -0.15) is 0 Å². The van der Waals surface area contributed by atoms with E-state index < -0.39 is 0 Å². The average molecular weight is 308 g/mol. The van der Waals surface area contributed by atoms with Crippen LogP contribution in [0.4, 0.5) is 0 Å². The second-order valence-corrected chi connectivity index (χ2v) is 6.33. The van der Waals surface area contributed by atoms with E-state index in [1.807, 2.05) is 0 Å². The van der Waals surface area contributed by atoms with E-state index in [0.717, 1.165) is 6.54 Å². The molecule has 0 saturated carbocycles. The predicted molar refractivity (Wildman–Crippen MR) is 95.2 cm³/mol. The van der Waals surface area contributed by atoms with E-state index >= 15 is 0 Å². The van der Waals surface area contributed by atoms with Crippen LogP contribution in [0.2, 0.25) is 0 Å². The molecule has 0 spiro atoms. The van der Waals surface area contributed by atoms with Crippen molar-refractivity contribution in [3.63, 3.8) is 0 Å². The van der Waals surface area contributed by atoms with Crippen molar-refractivity contribution in [1.29, 1.82) is 0 Å². The Morgan fingerprint density at radius 1 is 0.545 bits per heavy atom. The smallest absolute Gasteiger partial charge is 0.0739 e. The molecule has 2 heteroatoms. The number of quaternary nitrogens is 1. The van der Waals surface area contributed by atoms with Gasteiger partial charge in [0.15, 0.2) is 0 Å². The van der Waals surface area contributed by atoms with Crippen molar-refractivity contribution in [2.24, 2.45) is 0 Å². The molecule has 0 amide bonds. The van der Waals surface area contributed by atoms with Crippen molar-refractivity contribution in [1.82, 2.24) is 0 Å². The lowest BCUT2D eigenvalue weighted by molar-refractivity contribution is -0.368. The van der Waals surface area contributed by atoms with Crippen LogP contribution >= 0.6 is 0 Å². The number of aryl methyl sites for hydroxylation is 1. The van der Waals surface area contributed by atoms with Crippen LogP contribution in [0.5, 0.6) is 0 Å². The Kier molecular flexibility index (Phi) is 15.9. The SMILES string of the molecule is [NH3+]CCCCCCCCCCCCCCc1ccccc1.[OH-]. The number of unbranched alkanes of at least 4 members (excludes halogenated alkanes) is 11. The molecule has 0 atom stereocenters. The molecule has 128 valence electrons. The van der Waals surface area contributed by atoms with E-state index in [0.29, 0.717) is 0 Å². The monoisotopic (exact) mass is 307 g/mol. The number of benzene rings is 1. The maximum absolute atomic E-state index is 3.89. The molecule has 0 fully saturated rings. The van der Waals surface area contributed by atoms with Crippen LogP contribution in [0, 0.1) is 0 Å². The first-order chi connectivity index (χ1) is 10.4. The van der Waals surface area contributed by atoms with Crippen molar-refractivity contribution in [3.8, 4) is 0 Å². The first-order valence-corrected chi connectivity index (χ1v) is 9.26. The van der Waals surface area contributed by atoms with E-state index in [-0.39, 0.29) is 5.48 Å². The summed E-state index contributed by atoms with van der Waals surface area (Å²) >= 11 is 0. The summed E-state index contributed by atoms with van der Waals surface area (Å²) in [5.41, 5.74) is 5.39. The highest BCUT2D eigenvalue weighted by Gasteiger charge is 1.95. The molecule has 0 radical (unpaired) electrons. The lowest BCUT2D eigenvalue weighted by Crippen LogP contribution is -2.50. The highest BCUT2D eigenvalue weighted by atomic mass is 16.0. The zero-order valence-electron chi connectivity index (χ0n) is 14.4. The van der Waals surface area contributed by atoms with Crippen LogP contribution in [0.25, 0.3) is 0 Å². The standard InChI is InChI=1S/C20H35N.H2O/c21-19-15-10-8-6-4-2-1-3-5-7-9-12-16-20-17-13-11-14-18-20;/h11,13-14,17-18H,1-10,12,15-16,19,21H2;1H2. The molecule has 0 saturated heterocycles. The van der Waals surface area contributed by atoms with Gasteiger partial charge in [-0.3, -0.25) is 0 Å². The first-order valence-electron chi connectivity index (χ1n) is 9.26. The zero-order chi connectivity index (χ0) is 15.0. The summed E-state index contributed by atoms with van der Waals surface area (Å²) in [6, 6.07) is 10.9. The first kappa shape index (κ1) is 21.1. The minimum atomic E-state index is 0. The molecule has 0 aromatic heterocycles. The summed E-state index contributed by atoms with van der Waals surface area (Å²) in [6.45, 7) is 1.12. The quantitative estimate of drug-likeness (QED) is 0.484. The molecule has 0 heterocycles. The molecular formula is C20H37NO. The zero-order valence-corrected chi connectivity index (χ0v) is 14.4. The Labute approximate surface area is 137 Å². The number of hydrogen-bond acceptors (Lipinski definition) is 1. The van der Waals surface area contributed by atoms with Gasteiger partial charge in [-0.15, -0.1) is 0 Å². The summed E-state index contributed by atoms with van der Waals surface area (Å²) in [5.74, 6) is 0. The van der Waals surface area contributed by atoms with Gasteiger partial charge in [0, 0.05) is 0 Å². The minimum Gasteiger partial charge on any atom is -0.870 e. The Balaban J connectivity index is 0.00000441. The fourth-order valence-electron chi connectivity index (χ4n) is 2.92. The normalized spacial score (nSPS) is 10.4. The van der Waals surface area contributed by atoms with Gasteiger partial charge in [-0.05, 0) is 31.2 Å². The summed E-state index contributed by atoms with van der Waals surface area (Å²) in [6.07, 6.45) is 18.3. The molecule has 1 aromatic carbocycles. The lowest BCUT2D eigenvalue weighted by atomic mass is 10.0. The summed E-state index contributed by atoms with van der Waals surface area (Å²) in [5, 5.41) is 0. The van der Waals surface area contributed by atoms with Gasteiger partial charge in [-0.25, -0.2) is 0 Å². The number of rotatable bonds is 14. The molecule has 0 aliphatic heterocycles. The molecule has 0 bridgehead atoms. The number of hydrogen-bond donors (Lipinski definition) is 1. The van der Waals surface area contributed by atoms with Crippen LogP contribution in [-0.4, -0.2) is 12.0 Å². The summed E-state index contributed by atoms with van der Waals surface area (Å²) < 4.78 is 0. The molecular weight excluding hydrogens is 270 g/mol. The topological polar surface area (TPSA) is 57.6 Å². The van der Waals surface area contributed by atoms with Gasteiger partial charge in [0.1, 0.15) is 0 Å². The van der Waals surface area contributed by atoms with Crippen molar-refractivity contribution < 1.29 is 11.2 Å². The van der Waals surface area contributed by atoms with E-state index in [2.05, 4.69) is 36.1 Å². The lowest BCUT2D eigenvalue weighted by Gasteiger charge is -2.03. The molecule has 0 aliphatic carbocycles. The largest absolute Gasteiger partial charge is 0.870 e. The second kappa shape index (κ2) is 16.5. The fraction of sp³-hybridized carbons (Fsp3) is 0.700. The van der Waals surface area contributed by atoms with E-state index in [9.17, 15) is 0 Å². The van der Waals surface area contributed by atoms with Crippen LogP contribution in [0.3, 0.4) is 0 Å².